The summed E-state index contributed by atoms with van der Waals surface area (Å²) in [7, 11) is -3.57. The fraction of sp³-hybridized carbons (Fsp3) is 0.600. The molecule has 0 aromatic carbocycles. The van der Waals surface area contributed by atoms with Crippen LogP contribution in [0.5, 0.6) is 0 Å². The van der Waals surface area contributed by atoms with Gasteiger partial charge in [-0.3, -0.25) is 0 Å². The molecule has 0 radical (unpaired) electrons. The fourth-order valence-electron chi connectivity index (χ4n) is 1.76. The van der Waals surface area contributed by atoms with E-state index in [-0.39, 0.29) is 16.3 Å². The summed E-state index contributed by atoms with van der Waals surface area (Å²) in [6.07, 6.45) is 3.01. The molecule has 1 fully saturated rings. The molecule has 0 saturated carbocycles. The van der Waals surface area contributed by atoms with Gasteiger partial charge in [0.1, 0.15) is 4.90 Å². The summed E-state index contributed by atoms with van der Waals surface area (Å²) in [5.41, 5.74) is 0. The molecule has 8 heteroatoms. The van der Waals surface area contributed by atoms with Gasteiger partial charge < -0.3 is 4.74 Å². The van der Waals surface area contributed by atoms with Crippen molar-refractivity contribution in [2.75, 3.05) is 19.7 Å². The Morgan fingerprint density at radius 3 is 2.78 bits per heavy atom. The molecule has 18 heavy (non-hydrogen) atoms. The Morgan fingerprint density at radius 1 is 1.44 bits per heavy atom. The van der Waals surface area contributed by atoms with Crippen LogP contribution in [0.15, 0.2) is 17.3 Å². The van der Waals surface area contributed by atoms with Gasteiger partial charge in [0, 0.05) is 19.7 Å². The Bertz CT molecular complexity index is 506. The Morgan fingerprint density at radius 2 is 2.11 bits per heavy atom. The van der Waals surface area contributed by atoms with Gasteiger partial charge in [-0.1, -0.05) is 0 Å². The number of halogens is 1. The van der Waals surface area contributed by atoms with E-state index in [0.29, 0.717) is 26.1 Å². The minimum absolute atomic E-state index is 0.0292. The van der Waals surface area contributed by atoms with Gasteiger partial charge in [-0.15, -0.1) is 0 Å². The molecule has 0 aliphatic carbocycles. The molecule has 1 aromatic rings. The third kappa shape index (κ3) is 2.97. The highest BCUT2D eigenvalue weighted by molar-refractivity contribution is 7.89. The van der Waals surface area contributed by atoms with Crippen LogP contribution in [-0.2, 0) is 14.8 Å². The Balaban J connectivity index is 2.26. The Kier molecular flexibility index (Phi) is 4.16. The zero-order valence-corrected chi connectivity index (χ0v) is 11.5. The van der Waals surface area contributed by atoms with Crippen LogP contribution in [0.2, 0.25) is 5.28 Å². The minimum Gasteiger partial charge on any atom is -0.377 e. The van der Waals surface area contributed by atoms with Gasteiger partial charge in [0.25, 0.3) is 0 Å². The van der Waals surface area contributed by atoms with Crippen LogP contribution in [0.25, 0.3) is 0 Å². The highest BCUT2D eigenvalue weighted by Gasteiger charge is 2.28. The summed E-state index contributed by atoms with van der Waals surface area (Å²) >= 11 is 5.55. The molecule has 1 saturated heterocycles. The molecule has 1 aliphatic rings. The van der Waals surface area contributed by atoms with Crippen molar-refractivity contribution in [3.05, 3.63) is 17.7 Å². The van der Waals surface area contributed by atoms with Crippen LogP contribution in [0.3, 0.4) is 0 Å². The fourth-order valence-corrected chi connectivity index (χ4v) is 3.30. The summed E-state index contributed by atoms with van der Waals surface area (Å²) in [5.74, 6) is 0. The number of aromatic nitrogens is 2. The summed E-state index contributed by atoms with van der Waals surface area (Å²) in [4.78, 5) is 7.46. The number of ether oxygens (including phenoxy) is 1. The topological polar surface area (TPSA) is 72.4 Å². The van der Waals surface area contributed by atoms with Crippen LogP contribution >= 0.6 is 11.6 Å². The molecule has 0 N–H and O–H groups in total. The molecular formula is C10H14ClN3O3S. The smallest absolute Gasteiger partial charge is 0.246 e. The van der Waals surface area contributed by atoms with Crippen molar-refractivity contribution in [1.82, 2.24) is 14.3 Å². The predicted octanol–water partition coefficient (Wildman–Crippen LogP) is 0.930. The third-order valence-electron chi connectivity index (χ3n) is 2.65. The molecule has 2 heterocycles. The first-order valence-electron chi connectivity index (χ1n) is 5.59. The second-order valence-electron chi connectivity index (χ2n) is 4.09. The van der Waals surface area contributed by atoms with E-state index in [0.717, 1.165) is 0 Å². The molecule has 100 valence electrons. The summed E-state index contributed by atoms with van der Waals surface area (Å²) in [6.45, 7) is 3.21. The van der Waals surface area contributed by atoms with Crippen molar-refractivity contribution < 1.29 is 13.2 Å². The van der Waals surface area contributed by atoms with Gasteiger partial charge in [0.15, 0.2) is 0 Å². The lowest BCUT2D eigenvalue weighted by Gasteiger charge is -2.21. The van der Waals surface area contributed by atoms with Crippen LogP contribution in [0, 0.1) is 0 Å². The van der Waals surface area contributed by atoms with Gasteiger partial charge in [-0.2, -0.15) is 4.31 Å². The molecule has 6 nitrogen and oxygen atoms in total. The molecule has 0 bridgehead atoms. The van der Waals surface area contributed by atoms with Gasteiger partial charge >= 0.3 is 0 Å². The van der Waals surface area contributed by atoms with Crippen LogP contribution in [0.1, 0.15) is 13.3 Å². The van der Waals surface area contributed by atoms with Gasteiger partial charge in [-0.25, -0.2) is 18.4 Å². The van der Waals surface area contributed by atoms with Crippen LogP contribution in [-0.4, -0.2) is 48.5 Å². The van der Waals surface area contributed by atoms with Crippen molar-refractivity contribution in [1.29, 1.82) is 0 Å². The molecule has 1 aliphatic heterocycles. The second kappa shape index (κ2) is 5.48. The van der Waals surface area contributed by atoms with E-state index >= 15 is 0 Å². The zero-order chi connectivity index (χ0) is 13.2. The maximum absolute atomic E-state index is 12.3. The van der Waals surface area contributed by atoms with Crippen molar-refractivity contribution in [2.45, 2.75) is 24.3 Å². The van der Waals surface area contributed by atoms with E-state index in [1.807, 2.05) is 6.92 Å². The number of nitrogens with zero attached hydrogens (tertiary/aromatic N) is 3. The lowest BCUT2D eigenvalue weighted by Crippen LogP contribution is -2.36. The normalized spacial score (nSPS) is 22.7. The minimum atomic E-state index is -3.57. The van der Waals surface area contributed by atoms with Gasteiger partial charge in [0.05, 0.1) is 18.5 Å². The number of hydrogen-bond donors (Lipinski definition) is 0. The van der Waals surface area contributed by atoms with E-state index in [1.54, 1.807) is 0 Å². The molecule has 0 amide bonds. The standard InChI is InChI=1S/C10H14ClN3O3S/c1-8-7-14(3-2-4-17-8)18(15,16)9-5-12-10(11)13-6-9/h5-6,8H,2-4,7H2,1H3. The van der Waals surface area contributed by atoms with E-state index in [4.69, 9.17) is 16.3 Å². The third-order valence-corrected chi connectivity index (χ3v) is 4.66. The molecule has 1 unspecified atom stereocenters. The maximum atomic E-state index is 12.3. The van der Waals surface area contributed by atoms with Gasteiger partial charge in [0.2, 0.25) is 15.3 Å². The largest absolute Gasteiger partial charge is 0.377 e. The molecular weight excluding hydrogens is 278 g/mol. The van der Waals surface area contributed by atoms with Gasteiger partial charge in [-0.05, 0) is 24.9 Å². The van der Waals surface area contributed by atoms with Crippen molar-refractivity contribution in [3.8, 4) is 0 Å². The van der Waals surface area contributed by atoms with E-state index < -0.39 is 10.0 Å². The first kappa shape index (κ1) is 13.7. The van der Waals surface area contributed by atoms with E-state index in [9.17, 15) is 8.42 Å². The molecule has 1 atom stereocenters. The quantitative estimate of drug-likeness (QED) is 0.758. The molecule has 2 rings (SSSR count). The lowest BCUT2D eigenvalue weighted by atomic mass is 10.4. The zero-order valence-electron chi connectivity index (χ0n) is 9.91. The van der Waals surface area contributed by atoms with Crippen LogP contribution in [0.4, 0.5) is 0 Å². The lowest BCUT2D eigenvalue weighted by molar-refractivity contribution is 0.0752. The average molecular weight is 292 g/mol. The highest BCUT2D eigenvalue weighted by Crippen LogP contribution is 2.18. The first-order chi connectivity index (χ1) is 8.50. The maximum Gasteiger partial charge on any atom is 0.246 e. The van der Waals surface area contributed by atoms with Crippen molar-refractivity contribution >= 4 is 21.6 Å². The van der Waals surface area contributed by atoms with Crippen molar-refractivity contribution in [3.63, 3.8) is 0 Å². The highest BCUT2D eigenvalue weighted by atomic mass is 35.5. The predicted molar refractivity (Wildman–Crippen MR) is 65.8 cm³/mol. The molecule has 1 aromatic heterocycles. The van der Waals surface area contributed by atoms with E-state index in [2.05, 4.69) is 9.97 Å². The first-order valence-corrected chi connectivity index (χ1v) is 7.41. The number of sulfonamides is 1. The molecule has 0 spiro atoms. The Hall–Kier alpha value is -0.760. The van der Waals surface area contributed by atoms with Crippen molar-refractivity contribution in [2.24, 2.45) is 0 Å². The SMILES string of the molecule is CC1CN(S(=O)(=O)c2cnc(Cl)nc2)CCCO1. The van der Waals surface area contributed by atoms with Crippen LogP contribution < -0.4 is 0 Å². The second-order valence-corrected chi connectivity index (χ2v) is 6.36. The number of rotatable bonds is 2. The average Bonchev–Trinajstić information content (AvgIpc) is 2.55. The summed E-state index contributed by atoms with van der Waals surface area (Å²) in [5, 5.41) is 0.0292. The monoisotopic (exact) mass is 291 g/mol. The van der Waals surface area contributed by atoms with E-state index in [1.165, 1.54) is 16.7 Å². The summed E-state index contributed by atoms with van der Waals surface area (Å²) in [6, 6.07) is 0. The summed E-state index contributed by atoms with van der Waals surface area (Å²) < 4.78 is 31.5. The Labute approximate surface area is 111 Å². The number of hydrogen-bond acceptors (Lipinski definition) is 5.